The molecule has 0 aliphatic carbocycles. The molecule has 2 heterocycles. The first-order valence-corrected chi connectivity index (χ1v) is 17.0. The first kappa shape index (κ1) is 32.5. The minimum Gasteiger partial charge on any atom is -0.381 e. The number of aromatic nitrogens is 2. The van der Waals surface area contributed by atoms with Crippen LogP contribution in [0.1, 0.15) is 73.8 Å². The van der Waals surface area contributed by atoms with Gasteiger partial charge in [-0.25, -0.2) is 9.66 Å². The van der Waals surface area contributed by atoms with E-state index in [9.17, 15) is 13.8 Å². The summed E-state index contributed by atoms with van der Waals surface area (Å²) in [7, 11) is -1.61. The molecule has 2 N–H and O–H groups in total. The van der Waals surface area contributed by atoms with Gasteiger partial charge in [-0.3, -0.25) is 13.8 Å². The van der Waals surface area contributed by atoms with Crippen molar-refractivity contribution in [2.24, 2.45) is 11.0 Å². The number of amidine groups is 1. The number of carbonyl (C=O) groups excluding carboxylic acids is 2. The maximum atomic E-state index is 13.8. The first-order chi connectivity index (χ1) is 21.9. The minimum absolute atomic E-state index is 0.190. The molecule has 1 aliphatic heterocycles. The van der Waals surface area contributed by atoms with Crippen molar-refractivity contribution in [1.82, 2.24) is 15.0 Å². The Kier molecular flexibility index (Phi) is 11.2. The Labute approximate surface area is 270 Å². The molecule has 5 rings (SSSR count). The van der Waals surface area contributed by atoms with E-state index in [1.165, 1.54) is 25.7 Å². The summed E-state index contributed by atoms with van der Waals surface area (Å²) in [5.74, 6) is -0.348. The number of halogens is 1. The molecule has 2 amide bonds. The van der Waals surface area contributed by atoms with Gasteiger partial charge < -0.3 is 15.4 Å². The minimum atomic E-state index is -1.61. The van der Waals surface area contributed by atoms with Gasteiger partial charge in [-0.1, -0.05) is 81.8 Å². The molecule has 11 heteroatoms. The second-order valence-electron chi connectivity index (χ2n) is 11.2. The molecular weight excluding hydrogens is 610 g/mol. The van der Waals surface area contributed by atoms with Crippen LogP contribution >= 0.6 is 11.6 Å². The van der Waals surface area contributed by atoms with E-state index in [2.05, 4.69) is 27.6 Å². The Morgan fingerprint density at radius 2 is 1.76 bits per heavy atom. The molecule has 3 unspecified atom stereocenters. The molecule has 1 aliphatic rings. The van der Waals surface area contributed by atoms with Crippen molar-refractivity contribution in [3.05, 3.63) is 89.2 Å². The zero-order chi connectivity index (χ0) is 31.8. The van der Waals surface area contributed by atoms with Crippen LogP contribution in [0.4, 0.5) is 5.69 Å². The van der Waals surface area contributed by atoms with Crippen LogP contribution in [0.5, 0.6) is 0 Å². The van der Waals surface area contributed by atoms with Crippen LogP contribution in [0, 0.1) is 5.92 Å². The molecule has 0 saturated heterocycles. The molecule has 0 spiro atoms. The van der Waals surface area contributed by atoms with Crippen molar-refractivity contribution in [2.45, 2.75) is 62.5 Å². The van der Waals surface area contributed by atoms with Gasteiger partial charge in [0.15, 0.2) is 16.9 Å². The Hall–Kier alpha value is -3.86. The van der Waals surface area contributed by atoms with E-state index in [-0.39, 0.29) is 17.7 Å². The van der Waals surface area contributed by atoms with Crippen molar-refractivity contribution < 1.29 is 18.5 Å². The van der Waals surface area contributed by atoms with Gasteiger partial charge in [-0.05, 0) is 55.0 Å². The van der Waals surface area contributed by atoms with Gasteiger partial charge in [-0.15, -0.1) is 0 Å². The molecule has 4 aromatic rings. The van der Waals surface area contributed by atoms with Crippen LogP contribution in [0.3, 0.4) is 0 Å². The normalized spacial score (nSPS) is 15.4. The van der Waals surface area contributed by atoms with Crippen LogP contribution in [-0.2, 0) is 20.3 Å². The van der Waals surface area contributed by atoms with Crippen molar-refractivity contribution >= 4 is 56.8 Å². The summed E-state index contributed by atoms with van der Waals surface area (Å²) < 4.78 is 21.1. The second kappa shape index (κ2) is 15.4. The summed E-state index contributed by atoms with van der Waals surface area (Å²) in [6, 6.07) is 20.9. The number of benzene rings is 3. The van der Waals surface area contributed by atoms with Gasteiger partial charge in [0.05, 0.1) is 34.4 Å². The summed E-state index contributed by atoms with van der Waals surface area (Å²) in [5.41, 5.74) is 2.10. The van der Waals surface area contributed by atoms with Gasteiger partial charge >= 0.3 is 0 Å². The number of fused-ring (bicyclic) bond motifs is 3. The SMILES string of the molecule is CCCCCCCCOCC(C)C(=O)Nc1cccc(C(=O)NC2=Nn3c(nc4ccc(Cl)cc43)C2S(=O)c2ccccc2)c1. The predicted octanol–water partition coefficient (Wildman–Crippen LogP) is 7.10. The standard InChI is InChI=1S/C34H38ClN5O4S/c1-3-4-5-6-7-11-19-44-22-23(2)33(41)36-26-14-12-13-24(20-26)34(42)38-31-30(45(43)27-15-9-8-10-16-27)32-37-28-18-17-25(35)21-29(28)40(32)39-31/h8-10,12-18,20-21,23,30H,3-7,11,19,22H2,1-2H3,(H,36,41)(H,38,39,42). The number of ether oxygens (including phenoxy) is 1. The quantitative estimate of drug-likeness (QED) is 0.142. The first-order valence-electron chi connectivity index (χ1n) is 15.4. The van der Waals surface area contributed by atoms with E-state index >= 15 is 0 Å². The topological polar surface area (TPSA) is 115 Å². The van der Waals surface area contributed by atoms with Crippen LogP contribution in [0.15, 0.2) is 82.8 Å². The highest BCUT2D eigenvalue weighted by Gasteiger charge is 2.38. The maximum Gasteiger partial charge on any atom is 0.256 e. The second-order valence-corrected chi connectivity index (χ2v) is 13.1. The third-order valence-corrected chi connectivity index (χ3v) is 9.42. The monoisotopic (exact) mass is 647 g/mol. The van der Waals surface area contributed by atoms with Gasteiger partial charge in [0.1, 0.15) is 0 Å². The molecule has 3 atom stereocenters. The third-order valence-electron chi connectivity index (χ3n) is 7.59. The third kappa shape index (κ3) is 8.06. The van der Waals surface area contributed by atoms with E-state index in [0.29, 0.717) is 51.2 Å². The molecule has 9 nitrogen and oxygen atoms in total. The van der Waals surface area contributed by atoms with Crippen molar-refractivity contribution in [3.63, 3.8) is 0 Å². The summed E-state index contributed by atoms with van der Waals surface area (Å²) in [6.07, 6.45) is 7.09. The lowest BCUT2D eigenvalue weighted by atomic mass is 10.1. The number of imidazole rings is 1. The lowest BCUT2D eigenvalue weighted by Crippen LogP contribution is -2.35. The number of hydrogen-bond donors (Lipinski definition) is 2. The van der Waals surface area contributed by atoms with E-state index in [0.717, 1.165) is 12.8 Å². The van der Waals surface area contributed by atoms with Gasteiger partial charge in [0, 0.05) is 27.8 Å². The van der Waals surface area contributed by atoms with Gasteiger partial charge in [0.25, 0.3) is 5.91 Å². The van der Waals surface area contributed by atoms with Crippen LogP contribution in [0.2, 0.25) is 5.02 Å². The highest BCUT2D eigenvalue weighted by Crippen LogP contribution is 2.34. The lowest BCUT2D eigenvalue weighted by molar-refractivity contribution is -0.121. The van der Waals surface area contributed by atoms with Crippen molar-refractivity contribution in [2.75, 3.05) is 18.5 Å². The largest absolute Gasteiger partial charge is 0.381 e. The van der Waals surface area contributed by atoms with Crippen LogP contribution in [-0.4, -0.2) is 44.7 Å². The number of hydrogen-bond acceptors (Lipinski definition) is 6. The number of unbranched alkanes of at least 4 members (excludes halogenated alkanes) is 5. The highest BCUT2D eigenvalue weighted by atomic mass is 35.5. The van der Waals surface area contributed by atoms with E-state index in [4.69, 9.17) is 16.3 Å². The molecule has 236 valence electrons. The molecule has 0 fully saturated rings. The molecule has 45 heavy (non-hydrogen) atoms. The zero-order valence-corrected chi connectivity index (χ0v) is 27.1. The molecule has 3 aromatic carbocycles. The molecule has 1 aromatic heterocycles. The number of carbonyl (C=O) groups is 2. The van der Waals surface area contributed by atoms with E-state index in [1.807, 2.05) is 25.1 Å². The van der Waals surface area contributed by atoms with E-state index < -0.39 is 22.0 Å². The van der Waals surface area contributed by atoms with Crippen LogP contribution in [0.25, 0.3) is 11.0 Å². The Morgan fingerprint density at radius 3 is 2.56 bits per heavy atom. The number of amides is 2. The fourth-order valence-electron chi connectivity index (χ4n) is 5.10. The summed E-state index contributed by atoms with van der Waals surface area (Å²) >= 11 is 6.24. The molecule has 0 saturated carbocycles. The van der Waals surface area contributed by atoms with Gasteiger partial charge in [0.2, 0.25) is 5.91 Å². The molecule has 0 radical (unpaired) electrons. The highest BCUT2D eigenvalue weighted by molar-refractivity contribution is 7.86. The predicted molar refractivity (Wildman–Crippen MR) is 179 cm³/mol. The number of rotatable bonds is 14. The van der Waals surface area contributed by atoms with E-state index in [1.54, 1.807) is 59.3 Å². The Morgan fingerprint density at radius 1 is 0.978 bits per heavy atom. The zero-order valence-electron chi connectivity index (χ0n) is 25.5. The summed E-state index contributed by atoms with van der Waals surface area (Å²) in [6.45, 7) is 4.99. The van der Waals surface area contributed by atoms with Crippen molar-refractivity contribution in [1.29, 1.82) is 0 Å². The molecular formula is C34H38ClN5O4S. The smallest absolute Gasteiger partial charge is 0.256 e. The van der Waals surface area contributed by atoms with Gasteiger partial charge in [-0.2, -0.15) is 5.10 Å². The average molecular weight is 648 g/mol. The number of nitrogens with one attached hydrogen (secondary N) is 2. The molecule has 0 bridgehead atoms. The fourth-order valence-corrected chi connectivity index (χ4v) is 6.62. The van der Waals surface area contributed by atoms with Crippen LogP contribution < -0.4 is 10.6 Å². The fraction of sp³-hybridized carbons (Fsp3) is 0.353. The Bertz CT molecular complexity index is 1710. The average Bonchev–Trinajstić information content (AvgIpc) is 3.57. The van der Waals surface area contributed by atoms with Crippen molar-refractivity contribution in [3.8, 4) is 0 Å². The number of anilines is 1. The maximum absolute atomic E-state index is 13.8. The Balaban J connectivity index is 1.25. The lowest BCUT2D eigenvalue weighted by Gasteiger charge is -2.15. The summed E-state index contributed by atoms with van der Waals surface area (Å²) in [4.78, 5) is 31.6. The number of nitrogens with zero attached hydrogens (tertiary/aromatic N) is 3. The summed E-state index contributed by atoms with van der Waals surface area (Å²) in [5, 5.41) is 10.1.